The van der Waals surface area contributed by atoms with Crippen molar-refractivity contribution in [2.75, 3.05) is 18.0 Å². The summed E-state index contributed by atoms with van der Waals surface area (Å²) in [5.41, 5.74) is 8.75. The summed E-state index contributed by atoms with van der Waals surface area (Å²) in [4.78, 5) is 18.2. The summed E-state index contributed by atoms with van der Waals surface area (Å²) in [5, 5.41) is 8.72. The highest BCUT2D eigenvalue weighted by Gasteiger charge is 2.24. The van der Waals surface area contributed by atoms with Crippen LogP contribution in [0.4, 0.5) is 5.69 Å². The van der Waals surface area contributed by atoms with Gasteiger partial charge in [0.1, 0.15) is 0 Å². The average molecular weight is 444 g/mol. The number of hydrogen-bond acceptors (Lipinski definition) is 4. The molecule has 1 heterocycles. The Labute approximate surface area is 196 Å². The minimum absolute atomic E-state index is 0.0536. The van der Waals surface area contributed by atoms with Crippen LogP contribution >= 0.6 is 0 Å². The number of carbonyl (C=O) groups excluding carboxylic acids is 1. The van der Waals surface area contributed by atoms with Crippen molar-refractivity contribution in [2.24, 2.45) is 0 Å². The summed E-state index contributed by atoms with van der Waals surface area (Å²) in [6.07, 6.45) is 3.30. The van der Waals surface area contributed by atoms with Crippen molar-refractivity contribution in [3.8, 4) is 22.3 Å². The Balaban J connectivity index is 1.75. The molecule has 0 amide bonds. The Morgan fingerprint density at radius 2 is 1.64 bits per heavy atom. The van der Waals surface area contributed by atoms with E-state index in [1.54, 1.807) is 12.1 Å². The van der Waals surface area contributed by atoms with Crippen LogP contribution < -0.4 is 4.90 Å². The van der Waals surface area contributed by atoms with Crippen LogP contribution in [0.2, 0.25) is 0 Å². The molecule has 4 heteroatoms. The van der Waals surface area contributed by atoms with Crippen molar-refractivity contribution in [1.29, 1.82) is 0 Å². The number of aryl methyl sites for hydroxylation is 1. The molecule has 0 unspecified atom stereocenters. The number of rotatable bonds is 5. The van der Waals surface area contributed by atoms with Crippen LogP contribution in [0.15, 0.2) is 60.7 Å². The van der Waals surface area contributed by atoms with E-state index in [0.717, 1.165) is 36.2 Å². The van der Waals surface area contributed by atoms with E-state index in [4.69, 9.17) is 5.26 Å². The minimum Gasteiger partial charge on any atom is -0.371 e. The van der Waals surface area contributed by atoms with Gasteiger partial charge in [0.2, 0.25) is 0 Å². The largest absolute Gasteiger partial charge is 0.372 e. The average Bonchev–Trinajstić information content (AvgIpc) is 3.37. The van der Waals surface area contributed by atoms with Crippen LogP contribution in [0.3, 0.4) is 0 Å². The van der Waals surface area contributed by atoms with Gasteiger partial charge in [0, 0.05) is 18.8 Å². The predicted molar refractivity (Wildman–Crippen MR) is 135 cm³/mol. The summed E-state index contributed by atoms with van der Waals surface area (Å²) < 4.78 is 0. The van der Waals surface area contributed by atoms with Crippen molar-refractivity contribution < 1.29 is 14.9 Å². The molecule has 0 radical (unpaired) electrons. The summed E-state index contributed by atoms with van der Waals surface area (Å²) in [7, 11) is 0. The van der Waals surface area contributed by atoms with E-state index in [1.165, 1.54) is 35.2 Å². The zero-order valence-electron chi connectivity index (χ0n) is 20.0. The molecule has 172 valence electrons. The third kappa shape index (κ3) is 4.81. The topological polar surface area (TPSA) is 49.8 Å². The normalized spacial score (nSPS) is 13.9. The van der Waals surface area contributed by atoms with Crippen molar-refractivity contribution in [1.82, 2.24) is 0 Å². The van der Waals surface area contributed by atoms with E-state index in [2.05, 4.69) is 79.9 Å². The molecule has 1 fully saturated rings. The van der Waals surface area contributed by atoms with E-state index >= 15 is 0 Å². The molecule has 1 aliphatic heterocycles. The van der Waals surface area contributed by atoms with Crippen molar-refractivity contribution in [2.45, 2.75) is 52.4 Å². The van der Waals surface area contributed by atoms with Gasteiger partial charge in [-0.15, -0.1) is 0 Å². The molecule has 0 aliphatic carbocycles. The zero-order chi connectivity index (χ0) is 23.6. The van der Waals surface area contributed by atoms with Gasteiger partial charge >= 0.3 is 5.97 Å². The number of anilines is 1. The Hall–Kier alpha value is -3.11. The lowest BCUT2D eigenvalue weighted by Gasteiger charge is -2.29. The number of hydrogen-bond donors (Lipinski definition) is 1. The maximum atomic E-state index is 11.7. The summed E-state index contributed by atoms with van der Waals surface area (Å²) in [6, 6.07) is 20.9. The van der Waals surface area contributed by atoms with Crippen LogP contribution in [0, 0.1) is 0 Å². The van der Waals surface area contributed by atoms with Gasteiger partial charge in [-0.1, -0.05) is 58.0 Å². The van der Waals surface area contributed by atoms with E-state index in [1.807, 2.05) is 6.07 Å². The van der Waals surface area contributed by atoms with Crippen LogP contribution in [-0.4, -0.2) is 24.3 Å². The Morgan fingerprint density at radius 1 is 0.939 bits per heavy atom. The smallest absolute Gasteiger partial charge is 0.371 e. The first-order valence-corrected chi connectivity index (χ1v) is 11.8. The highest BCUT2D eigenvalue weighted by atomic mass is 17.1. The fourth-order valence-corrected chi connectivity index (χ4v) is 4.76. The Morgan fingerprint density at radius 3 is 2.30 bits per heavy atom. The number of nitrogens with zero attached hydrogens (tertiary/aromatic N) is 1. The van der Waals surface area contributed by atoms with E-state index in [0.29, 0.717) is 5.56 Å². The number of carbonyl (C=O) groups is 1. The maximum Gasteiger partial charge on any atom is 0.372 e. The van der Waals surface area contributed by atoms with Gasteiger partial charge in [-0.3, -0.25) is 4.89 Å². The second kappa shape index (κ2) is 9.40. The molecule has 3 aromatic carbocycles. The molecule has 33 heavy (non-hydrogen) atoms. The van der Waals surface area contributed by atoms with Gasteiger partial charge in [0.25, 0.3) is 0 Å². The van der Waals surface area contributed by atoms with Crippen LogP contribution in [0.5, 0.6) is 0 Å². The van der Waals surface area contributed by atoms with Gasteiger partial charge < -0.3 is 4.90 Å². The fraction of sp³-hybridized carbons (Fsp3) is 0.345. The quantitative estimate of drug-likeness (QED) is 0.337. The molecule has 4 rings (SSSR count). The molecule has 0 bridgehead atoms. The van der Waals surface area contributed by atoms with Crippen LogP contribution in [-0.2, 0) is 16.7 Å². The first kappa shape index (κ1) is 23.1. The second-order valence-corrected chi connectivity index (χ2v) is 9.86. The van der Waals surface area contributed by atoms with Crippen LogP contribution in [0.25, 0.3) is 22.3 Å². The van der Waals surface area contributed by atoms with Crippen molar-refractivity contribution >= 4 is 11.7 Å². The Kier molecular flexibility index (Phi) is 6.57. The van der Waals surface area contributed by atoms with Gasteiger partial charge in [0.15, 0.2) is 0 Å². The third-order valence-corrected chi connectivity index (χ3v) is 6.56. The number of benzene rings is 3. The molecule has 1 aliphatic rings. The Bertz CT molecular complexity index is 1150. The summed E-state index contributed by atoms with van der Waals surface area (Å²) in [6.45, 7) is 11.2. The first-order chi connectivity index (χ1) is 15.8. The highest BCUT2D eigenvalue weighted by Crippen LogP contribution is 2.38. The molecular weight excluding hydrogens is 410 g/mol. The third-order valence-electron chi connectivity index (χ3n) is 6.56. The molecule has 0 aromatic heterocycles. The second-order valence-electron chi connectivity index (χ2n) is 9.86. The van der Waals surface area contributed by atoms with Gasteiger partial charge in [-0.25, -0.2) is 4.79 Å². The summed E-state index contributed by atoms with van der Waals surface area (Å²) >= 11 is 0. The zero-order valence-corrected chi connectivity index (χ0v) is 20.0. The monoisotopic (exact) mass is 443 g/mol. The van der Waals surface area contributed by atoms with Gasteiger partial charge in [-0.05, 0) is 88.4 Å². The SMILES string of the molecule is CCc1cc(C(=O)OO)ccc1-c1cccc(-c2ccc(N3CCCC3)c(C(C)(C)C)c2)c1. The van der Waals surface area contributed by atoms with Crippen molar-refractivity contribution in [3.05, 3.63) is 77.4 Å². The predicted octanol–water partition coefficient (Wildman–Crippen LogP) is 7.11. The molecule has 0 atom stereocenters. The van der Waals surface area contributed by atoms with E-state index < -0.39 is 5.97 Å². The lowest BCUT2D eigenvalue weighted by atomic mass is 9.83. The minimum atomic E-state index is -0.738. The maximum absolute atomic E-state index is 11.7. The van der Waals surface area contributed by atoms with E-state index in [-0.39, 0.29) is 5.41 Å². The molecular formula is C29H33NO3. The summed E-state index contributed by atoms with van der Waals surface area (Å²) in [5.74, 6) is -0.738. The van der Waals surface area contributed by atoms with E-state index in [9.17, 15) is 4.79 Å². The molecule has 0 spiro atoms. The standard InChI is InChI=1S/C29H33NO3/c1-5-20-17-24(28(31)33-32)11-13-25(20)23-10-8-9-21(18-23)22-12-14-27(30-15-6-7-16-30)26(19-22)29(2,3)4/h8-14,17-19,32H,5-7,15-16H2,1-4H3. The molecule has 3 aromatic rings. The molecule has 4 nitrogen and oxygen atoms in total. The lowest BCUT2D eigenvalue weighted by molar-refractivity contribution is -0.182. The molecule has 1 saturated heterocycles. The molecule has 0 saturated carbocycles. The van der Waals surface area contributed by atoms with Gasteiger partial charge in [-0.2, -0.15) is 5.26 Å². The first-order valence-electron chi connectivity index (χ1n) is 11.8. The fourth-order valence-electron chi connectivity index (χ4n) is 4.76. The lowest BCUT2D eigenvalue weighted by Crippen LogP contribution is -2.23. The highest BCUT2D eigenvalue weighted by molar-refractivity contribution is 5.90. The molecule has 1 N–H and O–H groups in total. The van der Waals surface area contributed by atoms with Gasteiger partial charge in [0.05, 0.1) is 5.56 Å². The van der Waals surface area contributed by atoms with Crippen LogP contribution in [0.1, 0.15) is 62.0 Å². The van der Waals surface area contributed by atoms with Crippen molar-refractivity contribution in [3.63, 3.8) is 0 Å².